The number of nitrogens with one attached hydrogen (secondary N) is 3. The summed E-state index contributed by atoms with van der Waals surface area (Å²) in [7, 11) is 1.49. The van der Waals surface area contributed by atoms with Gasteiger partial charge in [0.2, 0.25) is 17.7 Å². The van der Waals surface area contributed by atoms with Crippen molar-refractivity contribution in [2.75, 3.05) is 13.6 Å². The molecule has 1 unspecified atom stereocenters. The number of fused-ring (bicyclic) bond motifs is 2. The van der Waals surface area contributed by atoms with Crippen LogP contribution in [0.3, 0.4) is 0 Å². The average Bonchev–Trinajstić information content (AvgIpc) is 2.95. The Hall–Kier alpha value is -4.16. The maximum atomic E-state index is 14.5. The number of benzene rings is 2. The van der Waals surface area contributed by atoms with Crippen molar-refractivity contribution in [3.8, 4) is 11.5 Å². The molecule has 1 aliphatic rings. The number of phenols is 1. The normalized spacial score (nSPS) is 25.0. The number of aromatic hydroxyl groups is 1. The van der Waals surface area contributed by atoms with Crippen molar-refractivity contribution in [3.05, 3.63) is 59.7 Å². The van der Waals surface area contributed by atoms with E-state index in [1.165, 1.54) is 30.1 Å². The van der Waals surface area contributed by atoms with E-state index in [-0.39, 0.29) is 30.0 Å². The number of aliphatic hydroxyl groups excluding tert-OH is 1. The standard InChI is InChI=1S/C30H40N4O8/c1-6-30(4)26(28(40)32-15-22(36)37)34(16-18-10-8-7-9-11-18)29(41)23(17(2)3)33-27(39)24(31-5)25(38)19-12-13-20(35)21(14-19)42-30/h7-14,17,23-26,31,35,38H,6,15-16H2,1-5H3,(H,32,40)(H,33,39)(H,36,37)/t23-,24?,25+,26+,30+/m0/s1. The predicted molar refractivity (Wildman–Crippen MR) is 153 cm³/mol. The highest BCUT2D eigenvalue weighted by Crippen LogP contribution is 2.37. The van der Waals surface area contributed by atoms with Crippen LogP contribution in [0.2, 0.25) is 0 Å². The summed E-state index contributed by atoms with van der Waals surface area (Å²) in [6, 6.07) is 9.31. The van der Waals surface area contributed by atoms with Crippen LogP contribution in [0.1, 0.15) is 51.3 Å². The van der Waals surface area contributed by atoms with Crippen LogP contribution in [0, 0.1) is 5.92 Å². The molecule has 0 saturated heterocycles. The van der Waals surface area contributed by atoms with Crippen LogP contribution in [-0.2, 0) is 25.7 Å². The predicted octanol–water partition coefficient (Wildman–Crippen LogP) is 1.31. The molecule has 1 aliphatic heterocycles. The minimum Gasteiger partial charge on any atom is -0.504 e. The number of carboxylic acid groups (broad SMARTS) is 1. The van der Waals surface area contributed by atoms with Gasteiger partial charge in [0.1, 0.15) is 30.3 Å². The van der Waals surface area contributed by atoms with Gasteiger partial charge in [0.05, 0.1) is 0 Å². The molecule has 1 heterocycles. The number of carbonyl (C=O) groups is 4. The van der Waals surface area contributed by atoms with Gasteiger partial charge in [0.25, 0.3) is 0 Å². The smallest absolute Gasteiger partial charge is 0.322 e. The van der Waals surface area contributed by atoms with Gasteiger partial charge in [-0.15, -0.1) is 0 Å². The molecule has 2 aromatic carbocycles. The lowest BCUT2D eigenvalue weighted by molar-refractivity contribution is -0.154. The van der Waals surface area contributed by atoms with Gasteiger partial charge in [0, 0.05) is 6.54 Å². The number of carboxylic acids is 1. The number of ether oxygens (including phenoxy) is 1. The van der Waals surface area contributed by atoms with E-state index in [2.05, 4.69) is 16.0 Å². The summed E-state index contributed by atoms with van der Waals surface area (Å²) in [5, 5.41) is 39.1. The van der Waals surface area contributed by atoms with E-state index >= 15 is 0 Å². The first-order chi connectivity index (χ1) is 19.8. The fourth-order valence-electron chi connectivity index (χ4n) is 5.01. The first-order valence-corrected chi connectivity index (χ1v) is 13.8. The topological polar surface area (TPSA) is 178 Å². The van der Waals surface area contributed by atoms with Crippen molar-refractivity contribution in [3.63, 3.8) is 0 Å². The molecule has 0 spiro atoms. The molecule has 2 bridgehead atoms. The van der Waals surface area contributed by atoms with Gasteiger partial charge in [-0.05, 0) is 49.6 Å². The Balaban J connectivity index is 2.31. The summed E-state index contributed by atoms with van der Waals surface area (Å²) in [6.45, 7) is 6.02. The first kappa shape index (κ1) is 32.4. The third kappa shape index (κ3) is 7.18. The van der Waals surface area contributed by atoms with Gasteiger partial charge in [-0.25, -0.2) is 0 Å². The number of carbonyl (C=O) groups excluding carboxylic acids is 3. The fourth-order valence-corrected chi connectivity index (χ4v) is 5.01. The number of aliphatic carboxylic acids is 1. The monoisotopic (exact) mass is 584 g/mol. The van der Waals surface area contributed by atoms with Gasteiger partial charge < -0.3 is 40.9 Å². The lowest BCUT2D eigenvalue weighted by atomic mass is 9.88. The Morgan fingerprint density at radius 1 is 1.14 bits per heavy atom. The molecular formula is C30H40N4O8. The van der Waals surface area contributed by atoms with E-state index in [9.17, 15) is 34.5 Å². The molecule has 6 N–H and O–H groups in total. The Labute approximate surface area is 245 Å². The summed E-state index contributed by atoms with van der Waals surface area (Å²) in [6.07, 6.45) is -1.24. The molecule has 12 nitrogen and oxygen atoms in total. The largest absolute Gasteiger partial charge is 0.504 e. The molecule has 12 heteroatoms. The van der Waals surface area contributed by atoms with Gasteiger partial charge in [-0.1, -0.05) is 57.2 Å². The first-order valence-electron chi connectivity index (χ1n) is 13.8. The molecule has 3 rings (SSSR count). The molecular weight excluding hydrogens is 544 g/mol. The van der Waals surface area contributed by atoms with E-state index < -0.39 is 66.0 Å². The van der Waals surface area contributed by atoms with Crippen LogP contribution in [0.25, 0.3) is 0 Å². The molecule has 5 atom stereocenters. The SMILES string of the molecule is CC[C@@]1(C)Oc2cc(ccc2O)[C@@H](O)C(NC)C(=O)N[C@@H](C(C)C)C(=O)N(Cc2ccccc2)[C@@H]1C(=O)NCC(=O)O. The zero-order chi connectivity index (χ0) is 31.2. The van der Waals surface area contributed by atoms with Gasteiger partial charge in [-0.2, -0.15) is 0 Å². The number of phenolic OH excluding ortho intramolecular Hbond substituents is 1. The minimum absolute atomic E-state index is 0.0764. The highest BCUT2D eigenvalue weighted by molar-refractivity contribution is 5.94. The van der Waals surface area contributed by atoms with E-state index in [0.29, 0.717) is 5.56 Å². The van der Waals surface area contributed by atoms with Crippen molar-refractivity contribution < 1.29 is 39.2 Å². The minimum atomic E-state index is -1.52. The maximum Gasteiger partial charge on any atom is 0.322 e. The third-order valence-electron chi connectivity index (χ3n) is 7.54. The molecule has 0 radical (unpaired) electrons. The average molecular weight is 585 g/mol. The second kappa shape index (κ2) is 13.7. The zero-order valence-electron chi connectivity index (χ0n) is 24.5. The third-order valence-corrected chi connectivity index (χ3v) is 7.54. The molecule has 0 fully saturated rings. The fraction of sp³-hybridized carbons (Fsp3) is 0.467. The summed E-state index contributed by atoms with van der Waals surface area (Å²) < 4.78 is 6.34. The number of nitrogens with zero attached hydrogens (tertiary/aromatic N) is 1. The van der Waals surface area contributed by atoms with Gasteiger partial charge in [0.15, 0.2) is 17.5 Å². The lowest BCUT2D eigenvalue weighted by Crippen LogP contribution is -2.66. The van der Waals surface area contributed by atoms with Crippen molar-refractivity contribution >= 4 is 23.7 Å². The second-order valence-electron chi connectivity index (χ2n) is 10.9. The van der Waals surface area contributed by atoms with Crippen LogP contribution in [0.5, 0.6) is 11.5 Å². The van der Waals surface area contributed by atoms with Crippen molar-refractivity contribution in [2.24, 2.45) is 5.92 Å². The number of likely N-dealkylation sites (N-methyl/N-ethyl adjacent to an activating group) is 1. The van der Waals surface area contributed by atoms with Crippen molar-refractivity contribution in [2.45, 2.75) is 70.5 Å². The lowest BCUT2D eigenvalue weighted by Gasteiger charge is -2.44. The van der Waals surface area contributed by atoms with Crippen LogP contribution in [0.15, 0.2) is 48.5 Å². The Bertz CT molecular complexity index is 1290. The van der Waals surface area contributed by atoms with E-state index in [0.717, 1.165) is 0 Å². The van der Waals surface area contributed by atoms with Crippen molar-refractivity contribution in [1.82, 2.24) is 20.9 Å². The Morgan fingerprint density at radius 2 is 1.81 bits per heavy atom. The summed E-state index contributed by atoms with van der Waals surface area (Å²) in [5.41, 5.74) is -0.599. The Kier molecular flexibility index (Phi) is 10.5. The molecule has 3 amide bonds. The molecule has 0 saturated carbocycles. The molecule has 0 aromatic heterocycles. The number of hydrogen-bond donors (Lipinski definition) is 6. The summed E-state index contributed by atoms with van der Waals surface area (Å²) >= 11 is 0. The van der Waals surface area contributed by atoms with Crippen LogP contribution in [-0.4, -0.2) is 81.2 Å². The van der Waals surface area contributed by atoms with Crippen LogP contribution >= 0.6 is 0 Å². The molecule has 228 valence electrons. The summed E-state index contributed by atoms with van der Waals surface area (Å²) in [5.74, 6) is -4.17. The number of hydrogen-bond acceptors (Lipinski definition) is 8. The van der Waals surface area contributed by atoms with E-state index in [1.807, 2.05) is 0 Å². The zero-order valence-corrected chi connectivity index (χ0v) is 24.5. The maximum absolute atomic E-state index is 14.5. The van der Waals surface area contributed by atoms with Gasteiger partial charge in [-0.3, -0.25) is 19.2 Å². The number of rotatable bonds is 8. The number of aliphatic hydroxyl groups is 1. The van der Waals surface area contributed by atoms with E-state index in [4.69, 9.17) is 4.74 Å². The highest BCUT2D eigenvalue weighted by Gasteiger charge is 2.48. The molecule has 0 aliphatic carbocycles. The number of amides is 3. The van der Waals surface area contributed by atoms with Crippen LogP contribution < -0.4 is 20.7 Å². The molecule has 2 aromatic rings. The second-order valence-corrected chi connectivity index (χ2v) is 10.9. The molecule has 42 heavy (non-hydrogen) atoms. The van der Waals surface area contributed by atoms with Gasteiger partial charge >= 0.3 is 5.97 Å². The van der Waals surface area contributed by atoms with E-state index in [1.54, 1.807) is 58.0 Å². The highest BCUT2D eigenvalue weighted by atomic mass is 16.5. The van der Waals surface area contributed by atoms with Crippen molar-refractivity contribution in [1.29, 1.82) is 0 Å². The van der Waals surface area contributed by atoms with Crippen LogP contribution in [0.4, 0.5) is 0 Å². The Morgan fingerprint density at radius 3 is 2.38 bits per heavy atom. The summed E-state index contributed by atoms with van der Waals surface area (Å²) in [4.78, 5) is 54.5. The quantitative estimate of drug-likeness (QED) is 0.267.